The molecule has 1 fully saturated rings. The average Bonchev–Trinajstić information content (AvgIpc) is 3.18. The molecule has 2 heterocycles. The van der Waals surface area contributed by atoms with Crippen molar-refractivity contribution in [2.45, 2.75) is 70.8 Å². The highest BCUT2D eigenvalue weighted by Crippen LogP contribution is 2.34. The Morgan fingerprint density at radius 3 is 2.56 bits per heavy atom. The fourth-order valence-electron chi connectivity index (χ4n) is 3.37. The summed E-state index contributed by atoms with van der Waals surface area (Å²) < 4.78 is 5.35. The van der Waals surface area contributed by atoms with Crippen LogP contribution in [0.3, 0.4) is 0 Å². The van der Waals surface area contributed by atoms with Crippen molar-refractivity contribution in [3.05, 3.63) is 16.7 Å². The maximum absolute atomic E-state index is 12.0. The normalized spacial score (nSPS) is 16.5. The Hall–Kier alpha value is -2.36. The van der Waals surface area contributed by atoms with E-state index in [1.165, 1.54) is 18.3 Å². The lowest BCUT2D eigenvalue weighted by Gasteiger charge is -2.30. The highest BCUT2D eigenvalue weighted by molar-refractivity contribution is 7.15. The molecule has 2 aromatic heterocycles. The maximum atomic E-state index is 12.0. The molecule has 9 nitrogen and oxygen atoms in total. The van der Waals surface area contributed by atoms with Gasteiger partial charge in [-0.3, -0.25) is 9.59 Å². The second kappa shape index (κ2) is 8.55. The Kier molecular flexibility index (Phi) is 6.15. The van der Waals surface area contributed by atoms with Crippen LogP contribution in [0.5, 0.6) is 0 Å². The molecule has 0 atom stereocenters. The van der Waals surface area contributed by atoms with Gasteiger partial charge in [0.05, 0.1) is 0 Å². The van der Waals surface area contributed by atoms with Crippen LogP contribution in [-0.4, -0.2) is 32.2 Å². The van der Waals surface area contributed by atoms with Gasteiger partial charge in [-0.25, -0.2) is 0 Å². The molecule has 146 valence electrons. The Balaban J connectivity index is 1.63. The zero-order chi connectivity index (χ0) is 19.3. The molecule has 2 aromatic rings. The lowest BCUT2D eigenvalue weighted by molar-refractivity contribution is -0.121. The number of hydrogen-bond acceptors (Lipinski definition) is 8. The number of nitrogens with one attached hydrogen (secondary N) is 2. The lowest BCUT2D eigenvalue weighted by Crippen LogP contribution is -2.45. The number of aromatic nitrogens is 4. The van der Waals surface area contributed by atoms with Crippen LogP contribution in [0.2, 0.25) is 0 Å². The van der Waals surface area contributed by atoms with Crippen LogP contribution >= 0.6 is 11.3 Å². The van der Waals surface area contributed by atoms with E-state index in [0.29, 0.717) is 23.3 Å². The van der Waals surface area contributed by atoms with Gasteiger partial charge in [0.1, 0.15) is 10.5 Å². The van der Waals surface area contributed by atoms with Gasteiger partial charge < -0.3 is 15.2 Å². The van der Waals surface area contributed by atoms with E-state index in [4.69, 9.17) is 4.52 Å². The molecule has 2 N–H and O–H groups in total. The Morgan fingerprint density at radius 2 is 1.93 bits per heavy atom. The lowest BCUT2D eigenvalue weighted by atomic mass is 9.89. The van der Waals surface area contributed by atoms with E-state index in [1.807, 2.05) is 6.92 Å². The molecular formula is C17H24N6O3S. The largest absolute Gasteiger partial charge is 0.343 e. The second-order valence-corrected chi connectivity index (χ2v) is 8.05. The molecule has 0 unspecified atom stereocenters. The van der Waals surface area contributed by atoms with Gasteiger partial charge in [0.15, 0.2) is 5.82 Å². The first-order valence-electron chi connectivity index (χ1n) is 9.19. The SMILES string of the molecule is CC(=O)NC1(c2noc(CCC(=O)Nc3nnc(C)s3)n2)CCCCCC1. The maximum Gasteiger partial charge on any atom is 0.227 e. The number of nitrogens with zero attached hydrogens (tertiary/aromatic N) is 4. The number of hydrogen-bond donors (Lipinski definition) is 2. The fraction of sp³-hybridized carbons (Fsp3) is 0.647. The molecule has 0 bridgehead atoms. The number of carbonyl (C=O) groups is 2. The summed E-state index contributed by atoms with van der Waals surface area (Å²) in [6.07, 6.45) is 6.40. The van der Waals surface area contributed by atoms with E-state index in [-0.39, 0.29) is 18.2 Å². The third-order valence-electron chi connectivity index (χ3n) is 4.61. The third kappa shape index (κ3) is 5.09. The van der Waals surface area contributed by atoms with E-state index < -0.39 is 5.54 Å². The van der Waals surface area contributed by atoms with Crippen LogP contribution in [0.25, 0.3) is 0 Å². The molecular weight excluding hydrogens is 368 g/mol. The van der Waals surface area contributed by atoms with Crippen molar-refractivity contribution in [2.75, 3.05) is 5.32 Å². The van der Waals surface area contributed by atoms with Crippen LogP contribution in [0.4, 0.5) is 5.13 Å². The fourth-order valence-corrected chi connectivity index (χ4v) is 3.98. The predicted molar refractivity (Wildman–Crippen MR) is 99.1 cm³/mol. The molecule has 0 saturated heterocycles. The molecule has 1 saturated carbocycles. The quantitative estimate of drug-likeness (QED) is 0.724. The smallest absolute Gasteiger partial charge is 0.227 e. The first kappa shape index (κ1) is 19.4. The number of carbonyl (C=O) groups excluding carboxylic acids is 2. The van der Waals surface area contributed by atoms with Crippen molar-refractivity contribution in [2.24, 2.45) is 0 Å². The van der Waals surface area contributed by atoms with Crippen LogP contribution in [0, 0.1) is 6.92 Å². The molecule has 10 heteroatoms. The van der Waals surface area contributed by atoms with Crippen molar-refractivity contribution in [3.8, 4) is 0 Å². The van der Waals surface area contributed by atoms with E-state index in [9.17, 15) is 9.59 Å². The first-order valence-corrected chi connectivity index (χ1v) is 10.0. The highest BCUT2D eigenvalue weighted by Gasteiger charge is 2.38. The predicted octanol–water partition coefficient (Wildman–Crippen LogP) is 2.49. The number of anilines is 1. The zero-order valence-electron chi connectivity index (χ0n) is 15.6. The second-order valence-electron chi connectivity index (χ2n) is 6.86. The van der Waals surface area contributed by atoms with Gasteiger partial charge in [-0.05, 0) is 19.8 Å². The van der Waals surface area contributed by atoms with Crippen LogP contribution in [0.15, 0.2) is 4.52 Å². The van der Waals surface area contributed by atoms with Crippen LogP contribution in [-0.2, 0) is 21.5 Å². The van der Waals surface area contributed by atoms with E-state index >= 15 is 0 Å². The van der Waals surface area contributed by atoms with Gasteiger partial charge in [-0.1, -0.05) is 42.2 Å². The molecule has 2 amide bonds. The van der Waals surface area contributed by atoms with Gasteiger partial charge in [0, 0.05) is 19.8 Å². The van der Waals surface area contributed by atoms with Gasteiger partial charge in [0.25, 0.3) is 0 Å². The third-order valence-corrected chi connectivity index (χ3v) is 5.36. The van der Waals surface area contributed by atoms with Crippen LogP contribution < -0.4 is 10.6 Å². The monoisotopic (exact) mass is 392 g/mol. The number of aryl methyl sites for hydroxylation is 2. The summed E-state index contributed by atoms with van der Waals surface area (Å²) in [5.74, 6) is 0.615. The summed E-state index contributed by atoms with van der Waals surface area (Å²) in [5.41, 5.74) is -0.573. The Labute approximate surface area is 161 Å². The molecule has 1 aliphatic carbocycles. The van der Waals surface area contributed by atoms with Gasteiger partial charge in [0.2, 0.25) is 22.8 Å². The van der Waals surface area contributed by atoms with Gasteiger partial charge in [-0.15, -0.1) is 10.2 Å². The summed E-state index contributed by atoms with van der Waals surface area (Å²) in [6, 6.07) is 0. The van der Waals surface area contributed by atoms with Crippen molar-refractivity contribution in [1.82, 2.24) is 25.7 Å². The summed E-state index contributed by atoms with van der Waals surface area (Å²) >= 11 is 1.32. The molecule has 27 heavy (non-hydrogen) atoms. The first-order chi connectivity index (χ1) is 13.0. The van der Waals surface area contributed by atoms with E-state index in [1.54, 1.807) is 0 Å². The van der Waals surface area contributed by atoms with Gasteiger partial charge in [-0.2, -0.15) is 4.98 Å². The standard InChI is InChI=1S/C17H24N6O3S/c1-11(24)20-17(9-5-3-4-6-10-17)15-19-14(26-23-15)8-7-13(25)18-16-22-21-12(2)27-16/h3-10H2,1-2H3,(H,20,24)(H,18,22,25). The van der Waals surface area contributed by atoms with Crippen molar-refractivity contribution in [1.29, 1.82) is 0 Å². The van der Waals surface area contributed by atoms with Gasteiger partial charge >= 0.3 is 0 Å². The summed E-state index contributed by atoms with van der Waals surface area (Å²) in [5, 5.41) is 18.9. The number of rotatable bonds is 6. The van der Waals surface area contributed by atoms with E-state index in [0.717, 1.165) is 43.5 Å². The molecule has 0 aromatic carbocycles. The number of amides is 2. The minimum Gasteiger partial charge on any atom is -0.343 e. The van der Waals surface area contributed by atoms with Crippen molar-refractivity contribution in [3.63, 3.8) is 0 Å². The van der Waals surface area contributed by atoms with Crippen molar-refractivity contribution < 1.29 is 14.1 Å². The highest BCUT2D eigenvalue weighted by atomic mass is 32.1. The summed E-state index contributed by atoms with van der Waals surface area (Å²) in [7, 11) is 0. The van der Waals surface area contributed by atoms with Crippen molar-refractivity contribution >= 4 is 28.3 Å². The molecule has 0 aliphatic heterocycles. The minimum absolute atomic E-state index is 0.102. The summed E-state index contributed by atoms with van der Waals surface area (Å²) in [6.45, 7) is 3.33. The average molecular weight is 392 g/mol. The molecule has 0 spiro atoms. The Bertz CT molecular complexity index is 794. The molecule has 1 aliphatic rings. The van der Waals surface area contributed by atoms with E-state index in [2.05, 4.69) is 31.0 Å². The summed E-state index contributed by atoms with van der Waals surface area (Å²) in [4.78, 5) is 28.3. The zero-order valence-corrected chi connectivity index (χ0v) is 16.4. The van der Waals surface area contributed by atoms with Crippen LogP contribution in [0.1, 0.15) is 68.6 Å². The Morgan fingerprint density at radius 1 is 1.19 bits per heavy atom. The molecule has 0 radical (unpaired) electrons. The molecule has 3 rings (SSSR count). The minimum atomic E-state index is -0.573. The topological polar surface area (TPSA) is 123 Å².